The number of hydrogen-bond acceptors (Lipinski definition) is 3. The number of halogens is 2. The van der Waals surface area contributed by atoms with E-state index in [-0.39, 0.29) is 16.8 Å². The van der Waals surface area contributed by atoms with Gasteiger partial charge in [-0.2, -0.15) is 0 Å². The number of nitrogens with zero attached hydrogens (tertiary/aromatic N) is 1. The summed E-state index contributed by atoms with van der Waals surface area (Å²) in [7, 11) is 0. The highest BCUT2D eigenvalue weighted by atomic mass is 35.5. The molecule has 2 aliphatic carbocycles. The summed E-state index contributed by atoms with van der Waals surface area (Å²) in [6.07, 6.45) is 4.66. The van der Waals surface area contributed by atoms with Crippen molar-refractivity contribution < 1.29 is 9.31 Å². The summed E-state index contributed by atoms with van der Waals surface area (Å²) in [4.78, 5) is 10.4. The first-order valence-corrected chi connectivity index (χ1v) is 6.82. The Balaban J connectivity index is 1.87. The van der Waals surface area contributed by atoms with Crippen molar-refractivity contribution in [2.24, 2.45) is 11.8 Å². The van der Waals surface area contributed by atoms with Gasteiger partial charge in [0.15, 0.2) is 0 Å². The van der Waals surface area contributed by atoms with E-state index >= 15 is 0 Å². The van der Waals surface area contributed by atoms with Crippen molar-refractivity contribution in [1.29, 1.82) is 0 Å². The quantitative estimate of drug-likeness (QED) is 0.674. The summed E-state index contributed by atoms with van der Waals surface area (Å²) in [5, 5.41) is 14.1. The minimum Gasteiger partial charge on any atom is -0.376 e. The van der Waals surface area contributed by atoms with Gasteiger partial charge in [0.2, 0.25) is 0 Å². The van der Waals surface area contributed by atoms with Gasteiger partial charge in [-0.1, -0.05) is 18.0 Å². The van der Waals surface area contributed by atoms with E-state index in [4.69, 9.17) is 11.6 Å². The monoisotopic (exact) mass is 284 g/mol. The fourth-order valence-corrected chi connectivity index (χ4v) is 3.59. The number of nitro benzene ring substituents is 1. The molecule has 3 unspecified atom stereocenters. The molecule has 2 saturated carbocycles. The van der Waals surface area contributed by atoms with Crippen LogP contribution in [0.3, 0.4) is 0 Å². The van der Waals surface area contributed by atoms with Crippen LogP contribution in [0.1, 0.15) is 25.7 Å². The molecule has 3 rings (SSSR count). The fourth-order valence-electron chi connectivity index (χ4n) is 3.42. The van der Waals surface area contributed by atoms with E-state index in [1.54, 1.807) is 0 Å². The smallest absolute Gasteiger partial charge is 0.295 e. The van der Waals surface area contributed by atoms with Crippen LogP contribution in [0.15, 0.2) is 12.1 Å². The second-order valence-corrected chi connectivity index (χ2v) is 5.87. The van der Waals surface area contributed by atoms with E-state index in [0.717, 1.165) is 18.4 Å². The first-order valence-electron chi connectivity index (χ1n) is 6.44. The minimum atomic E-state index is -0.758. The molecule has 0 heterocycles. The minimum absolute atomic E-state index is 0.0868. The lowest BCUT2D eigenvalue weighted by atomic mass is 9.95. The molecule has 0 radical (unpaired) electrons. The zero-order valence-electron chi connectivity index (χ0n) is 10.2. The van der Waals surface area contributed by atoms with Crippen LogP contribution in [0.4, 0.5) is 15.8 Å². The van der Waals surface area contributed by atoms with Crippen LogP contribution in [-0.2, 0) is 0 Å². The molecule has 1 N–H and O–H groups in total. The van der Waals surface area contributed by atoms with Gasteiger partial charge in [0.05, 0.1) is 16.0 Å². The van der Waals surface area contributed by atoms with Gasteiger partial charge in [0, 0.05) is 6.04 Å². The highest BCUT2D eigenvalue weighted by Crippen LogP contribution is 2.46. The highest BCUT2D eigenvalue weighted by molar-refractivity contribution is 6.31. The van der Waals surface area contributed by atoms with Gasteiger partial charge in [0.1, 0.15) is 11.5 Å². The van der Waals surface area contributed by atoms with Gasteiger partial charge in [-0.15, -0.1) is 0 Å². The van der Waals surface area contributed by atoms with E-state index in [1.807, 2.05) is 0 Å². The van der Waals surface area contributed by atoms with Crippen molar-refractivity contribution in [3.8, 4) is 0 Å². The molecule has 2 bridgehead atoms. The fraction of sp³-hybridized carbons (Fsp3) is 0.538. The van der Waals surface area contributed by atoms with Crippen molar-refractivity contribution in [1.82, 2.24) is 0 Å². The molecule has 6 heteroatoms. The van der Waals surface area contributed by atoms with Gasteiger partial charge in [-0.25, -0.2) is 4.39 Å². The van der Waals surface area contributed by atoms with Gasteiger partial charge < -0.3 is 5.32 Å². The highest BCUT2D eigenvalue weighted by Gasteiger charge is 2.40. The maximum atomic E-state index is 13.3. The third-order valence-corrected chi connectivity index (χ3v) is 4.60. The third-order valence-electron chi connectivity index (χ3n) is 4.31. The lowest BCUT2D eigenvalue weighted by Crippen LogP contribution is -2.26. The molecule has 0 spiro atoms. The van der Waals surface area contributed by atoms with Crippen LogP contribution in [0.2, 0.25) is 5.02 Å². The first-order chi connectivity index (χ1) is 9.04. The Hall–Kier alpha value is -1.36. The van der Waals surface area contributed by atoms with E-state index in [9.17, 15) is 14.5 Å². The van der Waals surface area contributed by atoms with Gasteiger partial charge >= 0.3 is 0 Å². The average Bonchev–Trinajstić information content (AvgIpc) is 2.95. The molecule has 0 aromatic heterocycles. The summed E-state index contributed by atoms with van der Waals surface area (Å²) in [5.74, 6) is 0.553. The summed E-state index contributed by atoms with van der Waals surface area (Å²) < 4.78 is 13.3. The van der Waals surface area contributed by atoms with Crippen LogP contribution in [0.25, 0.3) is 0 Å². The summed E-state index contributed by atoms with van der Waals surface area (Å²) in [6, 6.07) is 2.46. The second kappa shape index (κ2) is 4.63. The maximum Gasteiger partial charge on any atom is 0.295 e. The second-order valence-electron chi connectivity index (χ2n) is 5.47. The van der Waals surface area contributed by atoms with Crippen molar-refractivity contribution in [3.63, 3.8) is 0 Å². The van der Waals surface area contributed by atoms with Crippen molar-refractivity contribution in [2.75, 3.05) is 5.32 Å². The topological polar surface area (TPSA) is 55.2 Å². The number of nitrogens with one attached hydrogen (secondary N) is 1. The normalized spacial score (nSPS) is 28.6. The van der Waals surface area contributed by atoms with Crippen LogP contribution < -0.4 is 5.32 Å². The summed E-state index contributed by atoms with van der Waals surface area (Å²) in [6.45, 7) is 0. The zero-order valence-corrected chi connectivity index (χ0v) is 11.0. The lowest BCUT2D eigenvalue weighted by molar-refractivity contribution is -0.384. The number of fused-ring (bicyclic) bond motifs is 2. The average molecular weight is 285 g/mol. The van der Waals surface area contributed by atoms with Gasteiger partial charge in [-0.05, 0) is 37.2 Å². The molecule has 2 fully saturated rings. The third kappa shape index (κ3) is 2.27. The Bertz CT molecular complexity index is 538. The molecule has 1 aromatic rings. The Morgan fingerprint density at radius 1 is 1.37 bits per heavy atom. The molecule has 19 heavy (non-hydrogen) atoms. The molecular weight excluding hydrogens is 271 g/mol. The standard InChI is InChI=1S/C13H14ClFN2O2/c14-9-5-12(13(17(18)19)6-10(9)15)16-11-4-7-1-2-8(11)3-7/h5-8,11,16H,1-4H2. The zero-order chi connectivity index (χ0) is 13.6. The SMILES string of the molecule is O=[N+]([O-])c1cc(F)c(Cl)cc1NC1CC2CCC1C2. The lowest BCUT2D eigenvalue weighted by Gasteiger charge is -2.23. The van der Waals surface area contributed by atoms with Crippen molar-refractivity contribution >= 4 is 23.0 Å². The van der Waals surface area contributed by atoms with Gasteiger partial charge in [-0.3, -0.25) is 10.1 Å². The molecule has 0 amide bonds. The van der Waals surface area contributed by atoms with E-state index in [0.29, 0.717) is 11.6 Å². The number of hydrogen-bond donors (Lipinski definition) is 1. The maximum absolute atomic E-state index is 13.3. The number of rotatable bonds is 3. The van der Waals surface area contributed by atoms with Crippen LogP contribution in [0.5, 0.6) is 0 Å². The molecule has 0 aliphatic heterocycles. The summed E-state index contributed by atoms with van der Waals surface area (Å²) >= 11 is 5.72. The number of nitro groups is 1. The Morgan fingerprint density at radius 2 is 2.16 bits per heavy atom. The number of benzene rings is 1. The van der Waals surface area contributed by atoms with Gasteiger partial charge in [0.25, 0.3) is 5.69 Å². The van der Waals surface area contributed by atoms with E-state index in [2.05, 4.69) is 5.32 Å². The molecule has 0 saturated heterocycles. The summed E-state index contributed by atoms with van der Waals surface area (Å²) in [5.41, 5.74) is 0.0821. The molecule has 102 valence electrons. The number of anilines is 1. The van der Waals surface area contributed by atoms with Crippen molar-refractivity contribution in [3.05, 3.63) is 33.1 Å². The Labute approximate surface area is 115 Å². The van der Waals surface area contributed by atoms with Crippen LogP contribution in [0, 0.1) is 27.8 Å². The predicted octanol–water partition coefficient (Wildman–Crippen LogP) is 3.99. The molecule has 4 nitrogen and oxygen atoms in total. The van der Waals surface area contributed by atoms with Crippen molar-refractivity contribution in [2.45, 2.75) is 31.7 Å². The largest absolute Gasteiger partial charge is 0.376 e. The Morgan fingerprint density at radius 3 is 2.74 bits per heavy atom. The molecular formula is C13H14ClFN2O2. The first kappa shape index (κ1) is 12.7. The molecule has 2 aliphatic rings. The molecule has 1 aromatic carbocycles. The van der Waals surface area contributed by atoms with Crippen LogP contribution in [-0.4, -0.2) is 11.0 Å². The Kier molecular flexibility index (Phi) is 3.09. The van der Waals surface area contributed by atoms with E-state index in [1.165, 1.54) is 25.3 Å². The molecule has 3 atom stereocenters. The van der Waals surface area contributed by atoms with E-state index < -0.39 is 10.7 Å². The van der Waals surface area contributed by atoms with Crippen LogP contribution >= 0.6 is 11.6 Å². The predicted molar refractivity (Wildman–Crippen MR) is 70.9 cm³/mol.